The van der Waals surface area contributed by atoms with E-state index in [0.29, 0.717) is 0 Å². The Bertz CT molecular complexity index is 613. The highest BCUT2D eigenvalue weighted by molar-refractivity contribution is 7.80. The molecule has 1 aromatic heterocycles. The molecule has 2 aromatic rings. The minimum absolute atomic E-state index is 0.127. The topological polar surface area (TPSA) is 40.2 Å². The standard InChI is InChI=1S/C15H20N4S2/c1-3-9-15(10-4-2)17-13(20)19(18-15)14-16-11-7-5-6-8-12(11)21-14/h5-8,18H,3-4,9-10H2,1-2H3,(H,17,20). The van der Waals surface area contributed by atoms with E-state index in [4.69, 9.17) is 12.2 Å². The smallest absolute Gasteiger partial charge is 0.207 e. The van der Waals surface area contributed by atoms with Gasteiger partial charge in [0.25, 0.3) is 0 Å². The predicted molar refractivity (Wildman–Crippen MR) is 93.5 cm³/mol. The number of nitrogens with one attached hydrogen (secondary N) is 2. The molecule has 21 heavy (non-hydrogen) atoms. The van der Waals surface area contributed by atoms with Crippen LogP contribution >= 0.6 is 23.6 Å². The summed E-state index contributed by atoms with van der Waals surface area (Å²) in [4.78, 5) is 4.69. The summed E-state index contributed by atoms with van der Waals surface area (Å²) in [7, 11) is 0. The largest absolute Gasteiger partial charge is 0.342 e. The molecule has 2 heterocycles. The van der Waals surface area contributed by atoms with Gasteiger partial charge in [-0.2, -0.15) is 0 Å². The first-order valence-electron chi connectivity index (χ1n) is 7.43. The highest BCUT2D eigenvalue weighted by Gasteiger charge is 2.40. The zero-order valence-electron chi connectivity index (χ0n) is 12.3. The first-order chi connectivity index (χ1) is 10.2. The molecule has 0 spiro atoms. The molecule has 3 rings (SSSR count). The molecule has 0 aliphatic carbocycles. The van der Waals surface area contributed by atoms with E-state index in [0.717, 1.165) is 41.4 Å². The number of nitrogens with zero attached hydrogens (tertiary/aromatic N) is 2. The summed E-state index contributed by atoms with van der Waals surface area (Å²) < 4.78 is 1.18. The Morgan fingerprint density at radius 2 is 1.95 bits per heavy atom. The third-order valence-corrected chi connectivity index (χ3v) is 5.01. The number of anilines is 1. The van der Waals surface area contributed by atoms with Gasteiger partial charge >= 0.3 is 0 Å². The number of rotatable bonds is 5. The van der Waals surface area contributed by atoms with Crippen LogP contribution < -0.4 is 15.8 Å². The van der Waals surface area contributed by atoms with Crippen molar-refractivity contribution in [1.29, 1.82) is 0 Å². The Hall–Kier alpha value is -1.24. The monoisotopic (exact) mass is 320 g/mol. The number of hydrogen-bond acceptors (Lipinski definition) is 4. The van der Waals surface area contributed by atoms with Crippen LogP contribution in [0.25, 0.3) is 10.2 Å². The fraction of sp³-hybridized carbons (Fsp3) is 0.467. The highest BCUT2D eigenvalue weighted by Crippen LogP contribution is 2.31. The molecule has 1 saturated heterocycles. The van der Waals surface area contributed by atoms with E-state index in [1.807, 2.05) is 23.2 Å². The first kappa shape index (κ1) is 14.7. The maximum Gasteiger partial charge on any atom is 0.207 e. The number of para-hydroxylation sites is 1. The lowest BCUT2D eigenvalue weighted by Gasteiger charge is -2.28. The van der Waals surface area contributed by atoms with Crippen LogP contribution in [0.3, 0.4) is 0 Å². The molecule has 1 aliphatic heterocycles. The highest BCUT2D eigenvalue weighted by atomic mass is 32.1. The van der Waals surface area contributed by atoms with Crippen molar-refractivity contribution >= 4 is 44.0 Å². The number of thiocarbonyl (C=S) groups is 1. The molecule has 0 radical (unpaired) electrons. The van der Waals surface area contributed by atoms with E-state index < -0.39 is 0 Å². The fourth-order valence-corrected chi connectivity index (χ4v) is 4.18. The van der Waals surface area contributed by atoms with Crippen LogP contribution in [-0.2, 0) is 0 Å². The van der Waals surface area contributed by atoms with Gasteiger partial charge in [0.05, 0.1) is 10.2 Å². The quantitative estimate of drug-likeness (QED) is 0.820. The van der Waals surface area contributed by atoms with Gasteiger partial charge in [0.1, 0.15) is 5.66 Å². The van der Waals surface area contributed by atoms with Crippen molar-refractivity contribution in [3.63, 3.8) is 0 Å². The Morgan fingerprint density at radius 3 is 2.62 bits per heavy atom. The minimum atomic E-state index is -0.127. The lowest BCUT2D eigenvalue weighted by Crippen LogP contribution is -2.51. The lowest BCUT2D eigenvalue weighted by molar-refractivity contribution is 0.286. The van der Waals surface area contributed by atoms with Crippen LogP contribution in [0.15, 0.2) is 24.3 Å². The zero-order chi connectivity index (χ0) is 14.9. The Balaban J connectivity index is 1.90. The summed E-state index contributed by atoms with van der Waals surface area (Å²) in [6, 6.07) is 8.18. The summed E-state index contributed by atoms with van der Waals surface area (Å²) in [6.45, 7) is 4.40. The van der Waals surface area contributed by atoms with E-state index in [-0.39, 0.29) is 5.66 Å². The molecule has 0 saturated carbocycles. The van der Waals surface area contributed by atoms with E-state index in [9.17, 15) is 0 Å². The fourth-order valence-electron chi connectivity index (χ4n) is 2.86. The first-order valence-corrected chi connectivity index (χ1v) is 8.65. The maximum atomic E-state index is 5.52. The summed E-state index contributed by atoms with van der Waals surface area (Å²) in [5.74, 6) is 0. The Morgan fingerprint density at radius 1 is 1.24 bits per heavy atom. The third kappa shape index (κ3) is 2.75. The Labute approximate surface area is 134 Å². The second-order valence-electron chi connectivity index (χ2n) is 5.42. The minimum Gasteiger partial charge on any atom is -0.342 e. The van der Waals surface area contributed by atoms with Crippen LogP contribution in [0.4, 0.5) is 5.13 Å². The number of fused-ring (bicyclic) bond motifs is 1. The van der Waals surface area contributed by atoms with Crippen molar-refractivity contribution in [2.24, 2.45) is 0 Å². The van der Waals surface area contributed by atoms with Crippen LogP contribution in [0.5, 0.6) is 0 Å². The van der Waals surface area contributed by atoms with Gasteiger partial charge in [-0.15, -0.1) is 0 Å². The van der Waals surface area contributed by atoms with E-state index in [1.165, 1.54) is 4.70 Å². The van der Waals surface area contributed by atoms with Gasteiger partial charge in [-0.3, -0.25) is 0 Å². The molecule has 2 N–H and O–H groups in total. The van der Waals surface area contributed by atoms with E-state index in [2.05, 4.69) is 35.6 Å². The van der Waals surface area contributed by atoms with E-state index in [1.54, 1.807) is 11.3 Å². The number of hydrogen-bond donors (Lipinski definition) is 2. The second-order valence-corrected chi connectivity index (χ2v) is 6.82. The van der Waals surface area contributed by atoms with Crippen molar-refractivity contribution in [1.82, 2.24) is 15.7 Å². The molecular formula is C15H20N4S2. The number of hydrazine groups is 1. The zero-order valence-corrected chi connectivity index (χ0v) is 14.0. The molecule has 0 bridgehead atoms. The van der Waals surface area contributed by atoms with Gasteiger partial charge in [-0.05, 0) is 37.2 Å². The molecule has 112 valence electrons. The summed E-state index contributed by atoms with van der Waals surface area (Å²) in [5, 5.41) is 7.03. The van der Waals surface area contributed by atoms with Crippen LogP contribution in [0.1, 0.15) is 39.5 Å². The molecule has 4 nitrogen and oxygen atoms in total. The number of benzene rings is 1. The van der Waals surface area contributed by atoms with Crippen molar-refractivity contribution in [2.75, 3.05) is 5.01 Å². The molecule has 0 atom stereocenters. The van der Waals surface area contributed by atoms with Crippen molar-refractivity contribution in [3.05, 3.63) is 24.3 Å². The van der Waals surface area contributed by atoms with Crippen LogP contribution in [0, 0.1) is 0 Å². The van der Waals surface area contributed by atoms with E-state index >= 15 is 0 Å². The third-order valence-electron chi connectivity index (χ3n) is 3.70. The normalized spacial score (nSPS) is 17.4. The predicted octanol–water partition coefficient (Wildman–Crippen LogP) is 3.79. The average molecular weight is 320 g/mol. The van der Waals surface area contributed by atoms with Gasteiger partial charge in [0.15, 0.2) is 5.11 Å². The molecular weight excluding hydrogens is 300 g/mol. The molecule has 1 fully saturated rings. The molecule has 0 amide bonds. The van der Waals surface area contributed by atoms with Gasteiger partial charge in [0, 0.05) is 0 Å². The molecule has 1 aromatic carbocycles. The van der Waals surface area contributed by atoms with Gasteiger partial charge in [-0.1, -0.05) is 50.2 Å². The number of thiazole rings is 1. The second kappa shape index (κ2) is 5.87. The Kier molecular flexibility index (Phi) is 4.10. The summed E-state index contributed by atoms with van der Waals surface area (Å²) in [6.07, 6.45) is 4.30. The lowest BCUT2D eigenvalue weighted by atomic mass is 10.00. The summed E-state index contributed by atoms with van der Waals surface area (Å²) in [5.41, 5.74) is 4.45. The number of aromatic nitrogens is 1. The van der Waals surface area contributed by atoms with Crippen molar-refractivity contribution < 1.29 is 0 Å². The van der Waals surface area contributed by atoms with Crippen LogP contribution in [0.2, 0.25) is 0 Å². The van der Waals surface area contributed by atoms with Gasteiger partial charge in [-0.25, -0.2) is 15.4 Å². The van der Waals surface area contributed by atoms with Gasteiger partial charge in [0.2, 0.25) is 5.13 Å². The SMILES string of the molecule is CCCC1(CCC)NC(=S)N(c2nc3ccccc3s2)N1. The average Bonchev–Trinajstić information content (AvgIpc) is 3.01. The molecule has 1 aliphatic rings. The van der Waals surface area contributed by atoms with Crippen molar-refractivity contribution in [3.8, 4) is 0 Å². The molecule has 0 unspecified atom stereocenters. The van der Waals surface area contributed by atoms with Crippen LogP contribution in [-0.4, -0.2) is 15.8 Å². The van der Waals surface area contributed by atoms with Crippen molar-refractivity contribution in [2.45, 2.75) is 45.2 Å². The van der Waals surface area contributed by atoms with Gasteiger partial charge < -0.3 is 5.32 Å². The maximum absolute atomic E-state index is 5.52. The molecule has 6 heteroatoms. The summed E-state index contributed by atoms with van der Waals surface area (Å²) >= 11 is 7.18.